The number of allylic oxidation sites excluding steroid dienone is 5. The standard InChI is InChI=1S/C29H26F6N2O/c1-17(2)8-5-6-9-18(3)26-23-10-7-13-36-24(23)11-12-25(26)37-27(38)19(4)20-14-21(28(30,31)32)16-22(15-20)29(33,34)35/h5-16,18-19H,1H2,2-4H3,(H,37,38)/b8-5-,9-6-. The van der Waals surface area contributed by atoms with E-state index >= 15 is 0 Å². The second kappa shape index (κ2) is 11.2. The Kier molecular flexibility index (Phi) is 8.49. The SMILES string of the molecule is C=C(C)/C=C\C=C/C(C)c1c(NC(=O)C(C)c2cc(C(F)(F)F)cc(C(F)(F)F)c2)ccc2ncccc12. The molecular weight excluding hydrogens is 506 g/mol. The lowest BCUT2D eigenvalue weighted by Gasteiger charge is -2.20. The molecule has 3 aromatic rings. The molecule has 1 heterocycles. The summed E-state index contributed by atoms with van der Waals surface area (Å²) in [6.45, 7) is 8.80. The summed E-state index contributed by atoms with van der Waals surface area (Å²) >= 11 is 0. The lowest BCUT2D eigenvalue weighted by molar-refractivity contribution is -0.143. The Morgan fingerprint density at radius 3 is 2.18 bits per heavy atom. The van der Waals surface area contributed by atoms with Crippen LogP contribution < -0.4 is 5.32 Å². The van der Waals surface area contributed by atoms with Crippen LogP contribution in [0.4, 0.5) is 32.0 Å². The van der Waals surface area contributed by atoms with Crippen molar-refractivity contribution in [2.75, 3.05) is 5.32 Å². The van der Waals surface area contributed by atoms with Gasteiger partial charge in [0.05, 0.1) is 22.6 Å². The fourth-order valence-corrected chi connectivity index (χ4v) is 3.94. The van der Waals surface area contributed by atoms with E-state index in [0.29, 0.717) is 28.9 Å². The zero-order valence-corrected chi connectivity index (χ0v) is 20.9. The summed E-state index contributed by atoms with van der Waals surface area (Å²) in [6.07, 6.45) is -1.05. The molecule has 0 aliphatic carbocycles. The maximum absolute atomic E-state index is 13.3. The van der Waals surface area contributed by atoms with Crippen LogP contribution in [0.2, 0.25) is 0 Å². The molecule has 3 nitrogen and oxygen atoms in total. The number of nitrogens with one attached hydrogen (secondary N) is 1. The van der Waals surface area contributed by atoms with Gasteiger partial charge in [-0.15, -0.1) is 0 Å². The molecule has 1 N–H and O–H groups in total. The number of nitrogens with zero attached hydrogens (tertiary/aromatic N) is 1. The number of hydrogen-bond acceptors (Lipinski definition) is 2. The first-order valence-corrected chi connectivity index (χ1v) is 11.7. The summed E-state index contributed by atoms with van der Waals surface area (Å²) in [5.74, 6) is -2.28. The molecule has 0 radical (unpaired) electrons. The minimum absolute atomic E-state index is 0.0406. The van der Waals surface area contributed by atoms with Gasteiger partial charge in [-0.25, -0.2) is 0 Å². The van der Waals surface area contributed by atoms with Crippen molar-refractivity contribution in [2.45, 2.75) is 45.0 Å². The molecule has 0 fully saturated rings. The number of amides is 1. The topological polar surface area (TPSA) is 42.0 Å². The highest BCUT2D eigenvalue weighted by Crippen LogP contribution is 2.38. The lowest BCUT2D eigenvalue weighted by atomic mass is 9.92. The van der Waals surface area contributed by atoms with E-state index in [1.165, 1.54) is 6.92 Å². The van der Waals surface area contributed by atoms with Crippen molar-refractivity contribution >= 4 is 22.5 Å². The van der Waals surface area contributed by atoms with Gasteiger partial charge in [-0.05, 0) is 61.4 Å². The first-order chi connectivity index (χ1) is 17.7. The van der Waals surface area contributed by atoms with Crippen molar-refractivity contribution in [3.8, 4) is 0 Å². The lowest BCUT2D eigenvalue weighted by Crippen LogP contribution is -2.21. The molecule has 0 saturated heterocycles. The highest BCUT2D eigenvalue weighted by atomic mass is 19.4. The number of halogens is 6. The molecule has 0 aliphatic rings. The molecule has 9 heteroatoms. The number of aromatic nitrogens is 1. The molecule has 2 unspecified atom stereocenters. The highest BCUT2D eigenvalue weighted by Gasteiger charge is 2.37. The smallest absolute Gasteiger partial charge is 0.325 e. The van der Waals surface area contributed by atoms with Crippen molar-refractivity contribution in [1.29, 1.82) is 0 Å². The second-order valence-electron chi connectivity index (χ2n) is 9.03. The minimum Gasteiger partial charge on any atom is -0.325 e. The van der Waals surface area contributed by atoms with Gasteiger partial charge in [0.1, 0.15) is 0 Å². The average Bonchev–Trinajstić information content (AvgIpc) is 2.84. The largest absolute Gasteiger partial charge is 0.416 e. The van der Waals surface area contributed by atoms with Gasteiger partial charge in [0, 0.05) is 23.2 Å². The summed E-state index contributed by atoms with van der Waals surface area (Å²) in [5.41, 5.74) is -0.725. The molecule has 1 amide bonds. The van der Waals surface area contributed by atoms with Gasteiger partial charge in [-0.2, -0.15) is 26.3 Å². The Morgan fingerprint density at radius 2 is 1.61 bits per heavy atom. The Balaban J connectivity index is 2.01. The third kappa shape index (κ3) is 6.90. The average molecular weight is 533 g/mol. The number of rotatable bonds is 7. The maximum atomic E-state index is 13.3. The summed E-state index contributed by atoms with van der Waals surface area (Å²) in [7, 11) is 0. The first-order valence-electron chi connectivity index (χ1n) is 11.7. The first kappa shape index (κ1) is 28.7. The third-order valence-corrected chi connectivity index (χ3v) is 5.93. The van der Waals surface area contributed by atoms with E-state index in [2.05, 4.69) is 16.9 Å². The number of alkyl halides is 6. The Labute approximate surface area is 216 Å². The van der Waals surface area contributed by atoms with Crippen molar-refractivity contribution in [3.63, 3.8) is 0 Å². The van der Waals surface area contributed by atoms with Crippen molar-refractivity contribution < 1.29 is 31.1 Å². The maximum Gasteiger partial charge on any atom is 0.416 e. The van der Waals surface area contributed by atoms with Gasteiger partial charge < -0.3 is 5.32 Å². The van der Waals surface area contributed by atoms with E-state index in [1.54, 1.807) is 24.4 Å². The quantitative estimate of drug-likeness (QED) is 0.244. The Hall–Kier alpha value is -3.88. The van der Waals surface area contributed by atoms with Crippen LogP contribution in [0.15, 0.2) is 85.1 Å². The number of fused-ring (bicyclic) bond motifs is 1. The van der Waals surface area contributed by atoms with Crippen LogP contribution in [0.25, 0.3) is 10.9 Å². The van der Waals surface area contributed by atoms with Crippen molar-refractivity contribution in [3.05, 3.63) is 107 Å². The number of carbonyl (C=O) groups excluding carboxylic acids is 1. The molecular formula is C29H26F6N2O. The van der Waals surface area contributed by atoms with Gasteiger partial charge in [0.2, 0.25) is 5.91 Å². The van der Waals surface area contributed by atoms with Gasteiger partial charge in [-0.1, -0.05) is 49.4 Å². The second-order valence-corrected chi connectivity index (χ2v) is 9.03. The van der Waals surface area contributed by atoms with Crippen molar-refractivity contribution in [2.24, 2.45) is 0 Å². The molecule has 200 valence electrons. The van der Waals surface area contributed by atoms with Crippen molar-refractivity contribution in [1.82, 2.24) is 4.98 Å². The minimum atomic E-state index is -5.01. The van der Waals surface area contributed by atoms with E-state index in [1.807, 2.05) is 44.2 Å². The van der Waals surface area contributed by atoms with Crippen LogP contribution in [0, 0.1) is 0 Å². The summed E-state index contributed by atoms with van der Waals surface area (Å²) in [6, 6.07) is 8.05. The molecule has 0 bridgehead atoms. The number of carbonyl (C=O) groups is 1. The highest BCUT2D eigenvalue weighted by molar-refractivity contribution is 5.99. The molecule has 3 rings (SSSR count). The van der Waals surface area contributed by atoms with E-state index in [9.17, 15) is 31.1 Å². The Bertz CT molecular complexity index is 1370. The molecule has 2 atom stereocenters. The van der Waals surface area contributed by atoms with Crippen LogP contribution >= 0.6 is 0 Å². The molecule has 38 heavy (non-hydrogen) atoms. The molecule has 2 aromatic carbocycles. The van der Waals surface area contributed by atoms with Gasteiger partial charge in [0.25, 0.3) is 0 Å². The van der Waals surface area contributed by atoms with Crippen LogP contribution in [-0.2, 0) is 17.1 Å². The fraction of sp³-hybridized carbons (Fsp3) is 0.241. The predicted molar refractivity (Wildman–Crippen MR) is 137 cm³/mol. The molecule has 1 aromatic heterocycles. The molecule has 0 spiro atoms. The van der Waals surface area contributed by atoms with E-state index in [4.69, 9.17) is 0 Å². The van der Waals surface area contributed by atoms with Crippen LogP contribution in [0.1, 0.15) is 54.9 Å². The summed E-state index contributed by atoms with van der Waals surface area (Å²) in [4.78, 5) is 17.5. The normalized spacial score (nSPS) is 14.2. The number of benzene rings is 2. The number of pyridine rings is 1. The predicted octanol–water partition coefficient (Wildman–Crippen LogP) is 8.81. The van der Waals surface area contributed by atoms with E-state index in [0.717, 1.165) is 11.0 Å². The molecule has 0 aliphatic heterocycles. The monoisotopic (exact) mass is 532 g/mol. The van der Waals surface area contributed by atoms with E-state index in [-0.39, 0.29) is 12.0 Å². The zero-order chi connectivity index (χ0) is 28.3. The van der Waals surface area contributed by atoms with Crippen LogP contribution in [0.3, 0.4) is 0 Å². The van der Waals surface area contributed by atoms with Gasteiger partial charge in [0.15, 0.2) is 0 Å². The van der Waals surface area contributed by atoms with Crippen LogP contribution in [-0.4, -0.2) is 10.9 Å². The third-order valence-electron chi connectivity index (χ3n) is 5.93. The van der Waals surface area contributed by atoms with E-state index < -0.39 is 40.9 Å². The number of anilines is 1. The number of hydrogen-bond donors (Lipinski definition) is 1. The Morgan fingerprint density at radius 1 is 0.974 bits per heavy atom. The summed E-state index contributed by atoms with van der Waals surface area (Å²) in [5, 5.41) is 3.46. The van der Waals surface area contributed by atoms with Gasteiger partial charge in [-0.3, -0.25) is 9.78 Å². The molecule has 0 saturated carbocycles. The summed E-state index contributed by atoms with van der Waals surface area (Å²) < 4.78 is 79.9. The van der Waals surface area contributed by atoms with Gasteiger partial charge >= 0.3 is 12.4 Å². The zero-order valence-electron chi connectivity index (χ0n) is 20.9. The fourth-order valence-electron chi connectivity index (χ4n) is 3.94. The van der Waals surface area contributed by atoms with Crippen LogP contribution in [0.5, 0.6) is 0 Å².